The highest BCUT2D eigenvalue weighted by Gasteiger charge is 2.26. The monoisotopic (exact) mass is 383 g/mol. The number of aromatic amines is 1. The minimum Gasteiger partial charge on any atom is -0.380 e. The number of anilines is 1. The number of aromatic nitrogens is 1. The molecule has 0 aliphatic carbocycles. The third kappa shape index (κ3) is 4.04. The summed E-state index contributed by atoms with van der Waals surface area (Å²) in [5, 5.41) is 4.56. The molecular formula is C21H29N5O2. The molecule has 7 heteroatoms. The van der Waals surface area contributed by atoms with Crippen molar-refractivity contribution in [1.82, 2.24) is 14.8 Å². The van der Waals surface area contributed by atoms with Gasteiger partial charge in [0.1, 0.15) is 0 Å². The van der Waals surface area contributed by atoms with Crippen LogP contribution >= 0.6 is 0 Å². The number of primary amides is 1. The van der Waals surface area contributed by atoms with Crippen molar-refractivity contribution in [3.05, 3.63) is 41.1 Å². The highest BCUT2D eigenvalue weighted by Crippen LogP contribution is 2.32. The lowest BCUT2D eigenvalue weighted by Gasteiger charge is -2.18. The largest absolute Gasteiger partial charge is 0.380 e. The Kier molecular flexibility index (Phi) is 5.74. The van der Waals surface area contributed by atoms with Crippen molar-refractivity contribution < 1.29 is 9.59 Å². The van der Waals surface area contributed by atoms with Gasteiger partial charge in [-0.05, 0) is 52.1 Å². The molecule has 1 aromatic carbocycles. The van der Waals surface area contributed by atoms with Crippen LogP contribution in [0.1, 0.15) is 28.0 Å². The number of nitrogens with two attached hydrogens (primary N) is 1. The van der Waals surface area contributed by atoms with E-state index in [0.717, 1.165) is 47.4 Å². The Balaban J connectivity index is 1.76. The van der Waals surface area contributed by atoms with Crippen LogP contribution in [0.4, 0.5) is 5.69 Å². The molecule has 1 aliphatic rings. The van der Waals surface area contributed by atoms with Gasteiger partial charge in [0.25, 0.3) is 5.91 Å². The van der Waals surface area contributed by atoms with Gasteiger partial charge in [0.2, 0.25) is 5.91 Å². The van der Waals surface area contributed by atoms with E-state index in [1.54, 1.807) is 12.1 Å². The Morgan fingerprint density at radius 1 is 1.36 bits per heavy atom. The standard InChI is InChI=1S/C21H29N5O2/c1-13-14(2)23-20-16(21(22)28)7-8-17(19(13)20)24-15-9-11-26(12-15)18(27)6-5-10-25(3)4/h5-8,15,23-24H,9-12H2,1-4H3,(H2,22,28)/b6-5+. The van der Waals surface area contributed by atoms with E-state index < -0.39 is 5.91 Å². The van der Waals surface area contributed by atoms with E-state index in [0.29, 0.717) is 12.1 Å². The number of rotatable bonds is 6. The van der Waals surface area contributed by atoms with E-state index in [-0.39, 0.29) is 11.9 Å². The summed E-state index contributed by atoms with van der Waals surface area (Å²) in [4.78, 5) is 31.3. The Hall–Kier alpha value is -2.80. The van der Waals surface area contributed by atoms with Gasteiger partial charge in [0.15, 0.2) is 0 Å². The van der Waals surface area contributed by atoms with Crippen molar-refractivity contribution in [2.45, 2.75) is 26.3 Å². The maximum atomic E-state index is 12.4. The summed E-state index contributed by atoms with van der Waals surface area (Å²) < 4.78 is 0. The third-order valence-electron chi connectivity index (χ3n) is 5.31. The molecule has 0 bridgehead atoms. The number of aryl methyl sites for hydroxylation is 2. The normalized spacial score (nSPS) is 17.2. The van der Waals surface area contributed by atoms with Crippen molar-refractivity contribution >= 4 is 28.4 Å². The number of benzene rings is 1. The number of fused-ring (bicyclic) bond motifs is 1. The van der Waals surface area contributed by atoms with Gasteiger partial charge in [-0.3, -0.25) is 9.59 Å². The van der Waals surface area contributed by atoms with Gasteiger partial charge in [-0.15, -0.1) is 0 Å². The number of likely N-dealkylation sites (tertiary alicyclic amines) is 1. The highest BCUT2D eigenvalue weighted by molar-refractivity contribution is 6.09. The molecule has 1 aromatic heterocycles. The Bertz CT molecular complexity index is 929. The van der Waals surface area contributed by atoms with Crippen LogP contribution in [-0.2, 0) is 4.79 Å². The molecule has 7 nitrogen and oxygen atoms in total. The molecule has 150 valence electrons. The van der Waals surface area contributed by atoms with Crippen molar-refractivity contribution in [2.75, 3.05) is 39.0 Å². The molecule has 1 atom stereocenters. The zero-order valence-corrected chi connectivity index (χ0v) is 17.0. The first kappa shape index (κ1) is 19.9. The zero-order valence-electron chi connectivity index (χ0n) is 17.0. The molecule has 0 saturated carbocycles. The molecule has 2 heterocycles. The second-order valence-corrected chi connectivity index (χ2v) is 7.73. The van der Waals surface area contributed by atoms with E-state index in [9.17, 15) is 9.59 Å². The maximum absolute atomic E-state index is 12.4. The van der Waals surface area contributed by atoms with Crippen LogP contribution in [0.3, 0.4) is 0 Å². The van der Waals surface area contributed by atoms with Gasteiger partial charge < -0.3 is 25.8 Å². The van der Waals surface area contributed by atoms with Gasteiger partial charge in [0.05, 0.1) is 11.1 Å². The number of carbonyl (C=O) groups excluding carboxylic acids is 2. The van der Waals surface area contributed by atoms with Crippen molar-refractivity contribution in [3.8, 4) is 0 Å². The van der Waals surface area contributed by atoms with Crippen molar-refractivity contribution in [3.63, 3.8) is 0 Å². The Morgan fingerprint density at radius 3 is 2.79 bits per heavy atom. The van der Waals surface area contributed by atoms with Crippen molar-refractivity contribution in [2.24, 2.45) is 5.73 Å². The summed E-state index contributed by atoms with van der Waals surface area (Å²) in [6, 6.07) is 3.83. The third-order valence-corrected chi connectivity index (χ3v) is 5.31. The fourth-order valence-electron chi connectivity index (χ4n) is 3.68. The van der Waals surface area contributed by atoms with Crippen LogP contribution in [-0.4, -0.2) is 66.4 Å². The lowest BCUT2D eigenvalue weighted by atomic mass is 10.0. The molecule has 1 fully saturated rings. The number of H-pyrrole nitrogens is 1. The van der Waals surface area contributed by atoms with E-state index >= 15 is 0 Å². The van der Waals surface area contributed by atoms with Crippen LogP contribution in [0.25, 0.3) is 10.9 Å². The number of nitrogens with zero attached hydrogens (tertiary/aromatic N) is 2. The molecule has 1 saturated heterocycles. The molecule has 2 amide bonds. The summed E-state index contributed by atoms with van der Waals surface area (Å²) in [5.74, 6) is -0.394. The molecule has 4 N–H and O–H groups in total. The van der Waals surface area contributed by atoms with Gasteiger partial charge in [0, 0.05) is 48.5 Å². The molecule has 28 heavy (non-hydrogen) atoms. The molecule has 0 spiro atoms. The van der Waals surface area contributed by atoms with Gasteiger partial charge >= 0.3 is 0 Å². The summed E-state index contributed by atoms with van der Waals surface area (Å²) in [6.45, 7) is 6.16. The fraction of sp³-hybridized carbons (Fsp3) is 0.429. The fourth-order valence-corrected chi connectivity index (χ4v) is 3.68. The first-order chi connectivity index (χ1) is 13.3. The Labute approximate surface area is 165 Å². The number of hydrogen-bond acceptors (Lipinski definition) is 4. The second-order valence-electron chi connectivity index (χ2n) is 7.73. The van der Waals surface area contributed by atoms with E-state index in [1.165, 1.54) is 0 Å². The van der Waals surface area contributed by atoms with E-state index in [2.05, 4.69) is 10.3 Å². The second kappa shape index (κ2) is 8.06. The summed E-state index contributed by atoms with van der Waals surface area (Å²) in [6.07, 6.45) is 4.43. The van der Waals surface area contributed by atoms with Crippen LogP contribution in [0, 0.1) is 13.8 Å². The molecular weight excluding hydrogens is 354 g/mol. The number of likely N-dealkylation sites (N-methyl/N-ethyl adjacent to an activating group) is 1. The van der Waals surface area contributed by atoms with Crippen LogP contribution < -0.4 is 11.1 Å². The topological polar surface area (TPSA) is 94.5 Å². The van der Waals surface area contributed by atoms with E-state index in [4.69, 9.17) is 5.73 Å². The number of hydrogen-bond donors (Lipinski definition) is 3. The summed E-state index contributed by atoms with van der Waals surface area (Å²) >= 11 is 0. The van der Waals surface area contributed by atoms with Crippen LogP contribution in [0.2, 0.25) is 0 Å². The van der Waals surface area contributed by atoms with Crippen LogP contribution in [0.15, 0.2) is 24.3 Å². The molecule has 2 aromatic rings. The number of nitrogens with one attached hydrogen (secondary N) is 2. The summed E-state index contributed by atoms with van der Waals surface area (Å²) in [7, 11) is 3.94. The number of carbonyl (C=O) groups is 2. The zero-order chi connectivity index (χ0) is 20.4. The summed E-state index contributed by atoms with van der Waals surface area (Å²) in [5.41, 5.74) is 9.86. The first-order valence-corrected chi connectivity index (χ1v) is 9.56. The van der Waals surface area contributed by atoms with Crippen LogP contribution in [0.5, 0.6) is 0 Å². The molecule has 1 unspecified atom stereocenters. The average Bonchev–Trinajstić information content (AvgIpc) is 3.20. The van der Waals surface area contributed by atoms with Gasteiger partial charge in [-0.25, -0.2) is 0 Å². The highest BCUT2D eigenvalue weighted by atomic mass is 16.2. The quantitative estimate of drug-likeness (QED) is 0.665. The minimum atomic E-state index is -0.444. The Morgan fingerprint density at radius 2 is 2.11 bits per heavy atom. The predicted octanol–water partition coefficient (Wildman–Crippen LogP) is 2.01. The first-order valence-electron chi connectivity index (χ1n) is 9.56. The molecule has 0 radical (unpaired) electrons. The number of amides is 2. The lowest BCUT2D eigenvalue weighted by Crippen LogP contribution is -2.30. The maximum Gasteiger partial charge on any atom is 0.250 e. The average molecular weight is 383 g/mol. The lowest BCUT2D eigenvalue weighted by molar-refractivity contribution is -0.125. The van der Waals surface area contributed by atoms with Gasteiger partial charge in [-0.1, -0.05) is 6.08 Å². The predicted molar refractivity (Wildman–Crippen MR) is 113 cm³/mol. The van der Waals surface area contributed by atoms with E-state index in [1.807, 2.05) is 49.9 Å². The minimum absolute atomic E-state index is 0.0500. The molecule has 3 rings (SSSR count). The van der Waals surface area contributed by atoms with Gasteiger partial charge in [-0.2, -0.15) is 0 Å². The molecule has 1 aliphatic heterocycles. The van der Waals surface area contributed by atoms with Crippen molar-refractivity contribution in [1.29, 1.82) is 0 Å². The smallest absolute Gasteiger partial charge is 0.250 e. The SMILES string of the molecule is Cc1[nH]c2c(C(N)=O)ccc(NC3CCN(C(=O)/C=C/CN(C)C)C3)c2c1C.